The van der Waals surface area contributed by atoms with Gasteiger partial charge in [-0.25, -0.2) is 13.2 Å². The van der Waals surface area contributed by atoms with E-state index in [2.05, 4.69) is 18.4 Å². The van der Waals surface area contributed by atoms with Gasteiger partial charge in [0, 0.05) is 23.0 Å². The van der Waals surface area contributed by atoms with Crippen LogP contribution in [-0.4, -0.2) is 36.8 Å². The van der Waals surface area contributed by atoms with Crippen LogP contribution in [0.2, 0.25) is 0 Å². The lowest BCUT2D eigenvalue weighted by Crippen LogP contribution is -2.47. The number of carbonyl (C=O) groups is 2. The van der Waals surface area contributed by atoms with Crippen molar-refractivity contribution in [1.29, 1.82) is 0 Å². The van der Waals surface area contributed by atoms with Crippen LogP contribution >= 0.6 is 0 Å². The van der Waals surface area contributed by atoms with E-state index in [0.29, 0.717) is 12.1 Å². The van der Waals surface area contributed by atoms with Crippen molar-refractivity contribution in [3.05, 3.63) is 76.9 Å². The van der Waals surface area contributed by atoms with Crippen LogP contribution in [0.4, 0.5) is 52.7 Å². The lowest BCUT2D eigenvalue weighted by atomic mass is 9.96. The average molecular weight is 691 g/mol. The van der Waals surface area contributed by atoms with Crippen LogP contribution in [0, 0.1) is 23.2 Å². The second-order valence-corrected chi connectivity index (χ2v) is 11.0. The van der Waals surface area contributed by atoms with Gasteiger partial charge < -0.3 is 10.6 Å². The summed E-state index contributed by atoms with van der Waals surface area (Å²) in [6.07, 6.45) is -15.9. The molecule has 1 rings (SSSR count). The molecule has 0 aliphatic heterocycles. The molecule has 260 valence electrons. The first-order valence-corrected chi connectivity index (χ1v) is 13.5. The van der Waals surface area contributed by atoms with E-state index in [9.17, 15) is 62.3 Å². The minimum absolute atomic E-state index is 0.00312. The first-order valence-electron chi connectivity index (χ1n) is 13.5. The van der Waals surface area contributed by atoms with Gasteiger partial charge in [-0.15, -0.1) is 6.58 Å². The van der Waals surface area contributed by atoms with E-state index in [4.69, 9.17) is 0 Å². The van der Waals surface area contributed by atoms with Gasteiger partial charge in [-0.2, -0.15) is 39.5 Å². The van der Waals surface area contributed by atoms with Gasteiger partial charge in [-0.1, -0.05) is 24.0 Å². The van der Waals surface area contributed by atoms with Gasteiger partial charge in [-0.05, 0) is 58.4 Å². The highest BCUT2D eigenvalue weighted by molar-refractivity contribution is 5.99. The molecule has 2 atom stereocenters. The Morgan fingerprint density at radius 1 is 0.979 bits per heavy atom. The molecule has 0 saturated heterocycles. The monoisotopic (exact) mass is 690 g/mol. The van der Waals surface area contributed by atoms with E-state index >= 15 is 0 Å². The molecule has 16 heteroatoms. The van der Waals surface area contributed by atoms with Crippen LogP contribution in [0.5, 0.6) is 0 Å². The van der Waals surface area contributed by atoms with Crippen molar-refractivity contribution >= 4 is 17.6 Å². The minimum atomic E-state index is -5.40. The van der Waals surface area contributed by atoms with Gasteiger partial charge in [0.15, 0.2) is 11.7 Å². The number of nitrogens with one attached hydrogen (secondary N) is 2. The summed E-state index contributed by atoms with van der Waals surface area (Å²) in [6, 6.07) is -0.881. The number of benzene rings is 1. The maximum Gasteiger partial charge on any atom is 0.417 e. The van der Waals surface area contributed by atoms with Crippen molar-refractivity contribution in [2.75, 3.05) is 6.54 Å². The van der Waals surface area contributed by atoms with Gasteiger partial charge in [0.2, 0.25) is 5.91 Å². The predicted octanol–water partition coefficient (Wildman–Crippen LogP) is 9.08. The Morgan fingerprint density at radius 3 is 2.06 bits per heavy atom. The van der Waals surface area contributed by atoms with Crippen LogP contribution in [-0.2, 0) is 11.0 Å². The highest BCUT2D eigenvalue weighted by Crippen LogP contribution is 2.37. The van der Waals surface area contributed by atoms with Gasteiger partial charge in [0.1, 0.15) is 18.4 Å². The fourth-order valence-electron chi connectivity index (χ4n) is 3.44. The van der Waals surface area contributed by atoms with Gasteiger partial charge in [0.25, 0.3) is 5.91 Å². The van der Waals surface area contributed by atoms with E-state index in [0.717, 1.165) is 6.92 Å². The van der Waals surface area contributed by atoms with Gasteiger partial charge in [0.05, 0.1) is 17.0 Å². The van der Waals surface area contributed by atoms with Crippen molar-refractivity contribution in [2.45, 2.75) is 65.1 Å². The fourth-order valence-corrected chi connectivity index (χ4v) is 3.44. The zero-order valence-corrected chi connectivity index (χ0v) is 25.3. The number of rotatable bonds is 11. The summed E-state index contributed by atoms with van der Waals surface area (Å²) in [5, 5.41) is 3.16. The SMILES string of the molecule is C=CC/C(C#CC(C)(C)C)=C(F)\C(F)=C/CC(/C=C(\F)c1ccc(C(=O)N[C@H](C)C(=O)NCC(F)(F)F)c(C(F)(F)F)c1)C(F)(F)F. The average Bonchev–Trinajstić information content (AvgIpc) is 2.92. The smallest absolute Gasteiger partial charge is 0.345 e. The number of halogens is 12. The summed E-state index contributed by atoms with van der Waals surface area (Å²) >= 11 is 0. The van der Waals surface area contributed by atoms with E-state index in [1.165, 1.54) is 11.4 Å². The molecular formula is C31H30F12N2O2. The zero-order chi connectivity index (χ0) is 36.5. The third kappa shape index (κ3) is 14.0. The summed E-state index contributed by atoms with van der Waals surface area (Å²) in [4.78, 5) is 24.2. The van der Waals surface area contributed by atoms with Crippen molar-refractivity contribution in [2.24, 2.45) is 11.3 Å². The molecule has 0 fully saturated rings. The molecule has 0 aromatic heterocycles. The molecule has 0 heterocycles. The topological polar surface area (TPSA) is 58.2 Å². The van der Waals surface area contributed by atoms with Gasteiger partial charge >= 0.3 is 18.5 Å². The number of alkyl halides is 9. The van der Waals surface area contributed by atoms with E-state index in [1.54, 1.807) is 26.1 Å². The maximum absolute atomic E-state index is 15.0. The molecule has 0 aliphatic carbocycles. The van der Waals surface area contributed by atoms with Crippen molar-refractivity contribution in [3.63, 3.8) is 0 Å². The first kappa shape index (κ1) is 40.9. The Hall–Kier alpha value is -4.16. The van der Waals surface area contributed by atoms with Gasteiger partial charge in [-0.3, -0.25) is 9.59 Å². The Kier molecular flexibility index (Phi) is 14.0. The number of hydrogen-bond acceptors (Lipinski definition) is 2. The van der Waals surface area contributed by atoms with Crippen LogP contribution in [0.3, 0.4) is 0 Å². The summed E-state index contributed by atoms with van der Waals surface area (Å²) in [5.74, 6) is -6.02. The Balaban J connectivity index is 3.43. The maximum atomic E-state index is 15.0. The highest BCUT2D eigenvalue weighted by atomic mass is 19.4. The molecule has 0 spiro atoms. The Bertz CT molecular complexity index is 1460. The van der Waals surface area contributed by atoms with E-state index < -0.39 is 100 Å². The molecule has 0 aliphatic rings. The largest absolute Gasteiger partial charge is 0.417 e. The normalized spacial score (nSPS) is 15.1. The quantitative estimate of drug-likeness (QED) is 0.105. The van der Waals surface area contributed by atoms with E-state index in [-0.39, 0.29) is 24.6 Å². The van der Waals surface area contributed by atoms with E-state index in [1.807, 2.05) is 0 Å². The molecule has 0 radical (unpaired) electrons. The summed E-state index contributed by atoms with van der Waals surface area (Å²) in [5.41, 5.74) is -5.23. The lowest BCUT2D eigenvalue weighted by Gasteiger charge is -2.18. The highest BCUT2D eigenvalue weighted by Gasteiger charge is 2.39. The minimum Gasteiger partial charge on any atom is -0.345 e. The molecule has 1 aromatic carbocycles. The molecule has 2 N–H and O–H groups in total. The second-order valence-electron chi connectivity index (χ2n) is 11.0. The standard InChI is InChI=1S/C31H30F12N2O2/c1-6-7-18(12-13-28(3,4)5)25(34)23(32)11-9-20(30(38,39)40)15-24(33)19-8-10-21(22(14-19)31(41,42)43)27(47)45-17(2)26(46)44-16-29(35,36)37/h6,8,10-11,14-15,17,20H,1,7,9,16H2,2-5H3,(H,44,46)(H,45,47)/b23-11+,24-15-,25-18-/t17-,20?/m1/s1. The Labute approximate surface area is 262 Å². The molecule has 47 heavy (non-hydrogen) atoms. The van der Waals surface area contributed by atoms with Crippen LogP contribution in [0.15, 0.2) is 60.2 Å². The zero-order valence-electron chi connectivity index (χ0n) is 25.3. The Morgan fingerprint density at radius 2 is 1.57 bits per heavy atom. The van der Waals surface area contributed by atoms with Crippen LogP contribution < -0.4 is 10.6 Å². The van der Waals surface area contributed by atoms with Crippen molar-refractivity contribution in [3.8, 4) is 11.8 Å². The lowest BCUT2D eigenvalue weighted by molar-refractivity contribution is -0.160. The predicted molar refractivity (Wildman–Crippen MR) is 150 cm³/mol. The third-order valence-electron chi connectivity index (χ3n) is 5.78. The molecule has 0 bridgehead atoms. The molecule has 0 saturated carbocycles. The summed E-state index contributed by atoms with van der Waals surface area (Å²) in [7, 11) is 0. The molecular weight excluding hydrogens is 660 g/mol. The second kappa shape index (κ2) is 16.1. The number of hydrogen-bond donors (Lipinski definition) is 2. The fraction of sp³-hybridized carbons (Fsp3) is 0.419. The third-order valence-corrected chi connectivity index (χ3v) is 5.78. The van der Waals surface area contributed by atoms with Crippen molar-refractivity contribution < 1.29 is 62.3 Å². The summed E-state index contributed by atoms with van der Waals surface area (Å²) < 4.78 is 163. The molecule has 1 unspecified atom stereocenters. The van der Waals surface area contributed by atoms with Crippen molar-refractivity contribution in [1.82, 2.24) is 10.6 Å². The molecule has 4 nitrogen and oxygen atoms in total. The first-order chi connectivity index (χ1) is 21.3. The van der Waals surface area contributed by atoms with Crippen LogP contribution in [0.25, 0.3) is 5.83 Å². The molecule has 1 aromatic rings. The number of carbonyl (C=O) groups excluding carboxylic acids is 2. The number of allylic oxidation sites excluding steroid dienone is 6. The van der Waals surface area contributed by atoms with Crippen LogP contribution in [0.1, 0.15) is 62.0 Å². The molecule has 2 amide bonds. The summed E-state index contributed by atoms with van der Waals surface area (Å²) in [6.45, 7) is 7.43. The number of amides is 2.